The molecule has 0 heterocycles. The van der Waals surface area contributed by atoms with Gasteiger partial charge in [-0.15, -0.1) is 0 Å². The molecule has 0 radical (unpaired) electrons. The third kappa shape index (κ3) is 5.93. The van der Waals surface area contributed by atoms with Crippen molar-refractivity contribution in [3.63, 3.8) is 0 Å². The lowest BCUT2D eigenvalue weighted by Crippen LogP contribution is -2.28. The molecule has 0 aromatic heterocycles. The number of esters is 2. The van der Waals surface area contributed by atoms with Gasteiger partial charge in [-0.1, -0.05) is 92.0 Å². The number of fused-ring (bicyclic) bond motifs is 5. The number of ether oxygens (including phenoxy) is 4. The lowest BCUT2D eigenvalue weighted by Gasteiger charge is -2.34. The van der Waals surface area contributed by atoms with Crippen LogP contribution in [0.1, 0.15) is 22.3 Å². The van der Waals surface area contributed by atoms with Crippen LogP contribution in [0.4, 0.5) is 0 Å². The molecule has 49 heavy (non-hydrogen) atoms. The van der Waals surface area contributed by atoms with Crippen LogP contribution in [0.15, 0.2) is 147 Å². The number of hydrogen-bond acceptors (Lipinski definition) is 6. The molecule has 0 fully saturated rings. The van der Waals surface area contributed by atoms with Crippen molar-refractivity contribution in [2.24, 2.45) is 0 Å². The van der Waals surface area contributed by atoms with Gasteiger partial charge in [-0.3, -0.25) is 0 Å². The second-order valence-electron chi connectivity index (χ2n) is 11.7. The van der Waals surface area contributed by atoms with Crippen molar-refractivity contribution in [3.8, 4) is 22.6 Å². The smallest absolute Gasteiger partial charge is 0.330 e. The van der Waals surface area contributed by atoms with E-state index in [4.69, 9.17) is 18.9 Å². The van der Waals surface area contributed by atoms with Gasteiger partial charge in [-0.25, -0.2) is 9.59 Å². The third-order valence-electron chi connectivity index (χ3n) is 8.97. The molecule has 0 saturated carbocycles. The van der Waals surface area contributed by atoms with Crippen molar-refractivity contribution in [3.05, 3.63) is 169 Å². The average Bonchev–Trinajstić information content (AvgIpc) is 3.43. The molecule has 0 amide bonds. The second kappa shape index (κ2) is 13.5. The van der Waals surface area contributed by atoms with Crippen LogP contribution >= 0.6 is 0 Å². The fraction of sp³-hybridized carbons (Fsp3) is 0.116. The summed E-state index contributed by atoms with van der Waals surface area (Å²) in [4.78, 5) is 22.8. The van der Waals surface area contributed by atoms with E-state index in [1.54, 1.807) is 0 Å². The molecule has 0 saturated heterocycles. The van der Waals surface area contributed by atoms with Crippen LogP contribution in [0.2, 0.25) is 0 Å². The van der Waals surface area contributed by atoms with Crippen LogP contribution in [0.25, 0.3) is 32.7 Å². The van der Waals surface area contributed by atoms with Crippen LogP contribution in [0.3, 0.4) is 0 Å². The maximum Gasteiger partial charge on any atom is 0.330 e. The van der Waals surface area contributed by atoms with Gasteiger partial charge in [0.1, 0.15) is 37.9 Å². The quantitative estimate of drug-likeness (QED) is 0.0753. The van der Waals surface area contributed by atoms with E-state index in [2.05, 4.69) is 110 Å². The van der Waals surface area contributed by atoms with Gasteiger partial charge >= 0.3 is 11.9 Å². The number of hydrogen-bond donors (Lipinski definition) is 0. The van der Waals surface area contributed by atoms with Crippen LogP contribution in [0.5, 0.6) is 11.5 Å². The van der Waals surface area contributed by atoms with Gasteiger partial charge in [0, 0.05) is 12.2 Å². The zero-order chi connectivity index (χ0) is 33.8. The van der Waals surface area contributed by atoms with Crippen molar-refractivity contribution >= 4 is 33.5 Å². The number of carbonyl (C=O) groups is 2. The summed E-state index contributed by atoms with van der Waals surface area (Å²) < 4.78 is 21.9. The number of benzene rings is 6. The molecule has 0 bridgehead atoms. The normalized spacial score (nSPS) is 14.4. The first-order valence-corrected chi connectivity index (χ1v) is 16.1. The summed E-state index contributed by atoms with van der Waals surface area (Å²) in [5.74, 6) is 0.435. The molecule has 1 aliphatic rings. The molecule has 6 nitrogen and oxygen atoms in total. The van der Waals surface area contributed by atoms with Crippen LogP contribution < -0.4 is 9.47 Å². The van der Waals surface area contributed by atoms with E-state index < -0.39 is 17.4 Å². The summed E-state index contributed by atoms with van der Waals surface area (Å²) in [5, 5.41) is 4.47. The Bertz CT molecular complexity index is 2220. The van der Waals surface area contributed by atoms with Gasteiger partial charge < -0.3 is 18.9 Å². The first-order chi connectivity index (χ1) is 24.0. The average molecular weight is 647 g/mol. The maximum atomic E-state index is 11.4. The van der Waals surface area contributed by atoms with E-state index in [9.17, 15) is 9.59 Å². The predicted molar refractivity (Wildman–Crippen MR) is 192 cm³/mol. The minimum Gasteiger partial charge on any atom is -0.490 e. The van der Waals surface area contributed by atoms with E-state index in [1.165, 1.54) is 33.0 Å². The Hall–Kier alpha value is -6.14. The first kappa shape index (κ1) is 31.5. The summed E-state index contributed by atoms with van der Waals surface area (Å²) in [7, 11) is 0. The van der Waals surface area contributed by atoms with E-state index in [0.29, 0.717) is 11.5 Å². The molecule has 6 aromatic rings. The molecule has 0 spiro atoms. The molecule has 242 valence electrons. The molecule has 6 aromatic carbocycles. The molecule has 6 heteroatoms. The monoisotopic (exact) mass is 646 g/mol. The predicted octanol–water partition coefficient (Wildman–Crippen LogP) is 8.57. The fourth-order valence-electron chi connectivity index (χ4n) is 6.82. The molecule has 0 N–H and O–H groups in total. The third-order valence-corrected chi connectivity index (χ3v) is 8.97. The number of carbonyl (C=O) groups excluding carboxylic acids is 2. The fourth-order valence-corrected chi connectivity index (χ4v) is 6.82. The largest absolute Gasteiger partial charge is 0.490 e. The van der Waals surface area contributed by atoms with Gasteiger partial charge in [0.05, 0.1) is 5.41 Å². The van der Waals surface area contributed by atoms with Gasteiger partial charge in [0.2, 0.25) is 0 Å². The summed E-state index contributed by atoms with van der Waals surface area (Å²) in [5.41, 5.74) is 6.45. The van der Waals surface area contributed by atoms with E-state index >= 15 is 0 Å². The maximum absolute atomic E-state index is 11.4. The Morgan fingerprint density at radius 3 is 1.78 bits per heavy atom. The lowest BCUT2D eigenvalue weighted by atomic mass is 9.67. The van der Waals surface area contributed by atoms with Gasteiger partial charge in [0.15, 0.2) is 0 Å². The molecule has 1 atom stereocenters. The summed E-state index contributed by atoms with van der Waals surface area (Å²) in [6.07, 6.45) is 2.28. The van der Waals surface area contributed by atoms with Gasteiger partial charge in [0.25, 0.3) is 0 Å². The Morgan fingerprint density at radius 2 is 1.06 bits per heavy atom. The summed E-state index contributed by atoms with van der Waals surface area (Å²) in [6.45, 7) is 7.60. The van der Waals surface area contributed by atoms with Crippen molar-refractivity contribution in [1.82, 2.24) is 0 Å². The van der Waals surface area contributed by atoms with Gasteiger partial charge in [-0.05, 0) is 97.4 Å². The summed E-state index contributed by atoms with van der Waals surface area (Å²) >= 11 is 0. The highest BCUT2D eigenvalue weighted by Gasteiger charge is 2.46. The Labute approximate surface area is 284 Å². The highest BCUT2D eigenvalue weighted by molar-refractivity contribution is 5.96. The lowest BCUT2D eigenvalue weighted by molar-refractivity contribution is -0.139. The Kier molecular flexibility index (Phi) is 8.69. The zero-order valence-corrected chi connectivity index (χ0v) is 26.9. The highest BCUT2D eigenvalue weighted by Crippen LogP contribution is 2.57. The molecule has 1 unspecified atom stereocenters. The topological polar surface area (TPSA) is 71.1 Å². The van der Waals surface area contributed by atoms with Crippen molar-refractivity contribution in [2.45, 2.75) is 5.41 Å². The molecular weight excluding hydrogens is 612 g/mol. The molecular formula is C43H34O6. The minimum atomic E-state index is -0.619. The molecule has 7 rings (SSSR count). The van der Waals surface area contributed by atoms with E-state index in [-0.39, 0.29) is 26.4 Å². The standard InChI is InChI=1S/C43H34O6/c1-3-41(44)48-23-21-46-35-19-16-33(17-20-35)43(34-15-13-32-26-36(18-14-31(32)25-34)47-22-24-49-42(45)4-2)39-12-8-7-11-37(39)38-27-29-9-5-6-10-30(29)28-40(38)43/h3-20,25-28H,1-2,21-24H2. The first-order valence-electron chi connectivity index (χ1n) is 16.1. The number of rotatable bonds is 12. The van der Waals surface area contributed by atoms with Crippen LogP contribution in [-0.4, -0.2) is 38.4 Å². The highest BCUT2D eigenvalue weighted by atomic mass is 16.6. The SMILES string of the molecule is C=CC(=O)OCCOc1ccc(C2(c3ccc4cc(OCCOC(=O)C=C)ccc4c3)c3ccccc3-c3cc4ccccc4cc32)cc1. The van der Waals surface area contributed by atoms with Crippen LogP contribution in [0, 0.1) is 0 Å². The van der Waals surface area contributed by atoms with E-state index in [1.807, 2.05) is 24.3 Å². The second-order valence-corrected chi connectivity index (χ2v) is 11.7. The van der Waals surface area contributed by atoms with Crippen molar-refractivity contribution in [1.29, 1.82) is 0 Å². The Morgan fingerprint density at radius 1 is 0.510 bits per heavy atom. The van der Waals surface area contributed by atoms with Gasteiger partial charge in [-0.2, -0.15) is 0 Å². The molecule has 1 aliphatic carbocycles. The molecule has 0 aliphatic heterocycles. The van der Waals surface area contributed by atoms with Crippen molar-refractivity contribution < 1.29 is 28.5 Å². The van der Waals surface area contributed by atoms with Crippen LogP contribution in [-0.2, 0) is 24.5 Å². The summed E-state index contributed by atoms with van der Waals surface area (Å²) in [6, 6.07) is 42.6. The Balaban J connectivity index is 1.32. The zero-order valence-electron chi connectivity index (χ0n) is 26.9. The van der Waals surface area contributed by atoms with Crippen molar-refractivity contribution in [2.75, 3.05) is 26.4 Å². The van der Waals surface area contributed by atoms with E-state index in [0.717, 1.165) is 34.1 Å². The minimum absolute atomic E-state index is 0.136.